The smallest absolute Gasteiger partial charge is 0.221 e. The maximum absolute atomic E-state index is 12.8. The van der Waals surface area contributed by atoms with Gasteiger partial charge in [0.25, 0.3) is 0 Å². The number of benzene rings is 2. The van der Waals surface area contributed by atoms with E-state index in [9.17, 15) is 4.79 Å². The first-order valence-corrected chi connectivity index (χ1v) is 9.47. The van der Waals surface area contributed by atoms with Crippen LogP contribution in [0.4, 0.5) is 0 Å². The number of fused-ring (bicyclic) bond motifs is 1. The number of nitrogens with one attached hydrogen (secondary N) is 1. The molecule has 2 heterocycles. The van der Waals surface area contributed by atoms with Gasteiger partial charge < -0.3 is 9.88 Å². The number of nitrogens with zero attached hydrogens (tertiary/aromatic N) is 2. The Kier molecular flexibility index (Phi) is 5.20. The largest absolute Gasteiger partial charge is 0.352 e. The van der Waals surface area contributed by atoms with Crippen molar-refractivity contribution < 1.29 is 4.79 Å². The van der Waals surface area contributed by atoms with Crippen molar-refractivity contribution >= 4 is 16.8 Å². The van der Waals surface area contributed by atoms with Gasteiger partial charge in [0.2, 0.25) is 5.91 Å². The summed E-state index contributed by atoms with van der Waals surface area (Å²) < 4.78 is 2.13. The second kappa shape index (κ2) is 8.09. The van der Waals surface area contributed by atoms with Gasteiger partial charge in [-0.1, -0.05) is 48.5 Å². The predicted octanol–water partition coefficient (Wildman–Crippen LogP) is 4.41. The van der Waals surface area contributed by atoms with E-state index in [1.54, 1.807) is 12.4 Å². The van der Waals surface area contributed by atoms with Crippen molar-refractivity contribution in [3.8, 4) is 0 Å². The number of carbonyl (C=O) groups excluding carboxylic acids is 1. The van der Waals surface area contributed by atoms with Crippen LogP contribution in [0.1, 0.15) is 29.0 Å². The van der Waals surface area contributed by atoms with Gasteiger partial charge in [-0.3, -0.25) is 9.78 Å². The van der Waals surface area contributed by atoms with Gasteiger partial charge in [-0.15, -0.1) is 0 Å². The van der Waals surface area contributed by atoms with Gasteiger partial charge >= 0.3 is 0 Å². The number of aryl methyl sites for hydroxylation is 1. The highest BCUT2D eigenvalue weighted by Crippen LogP contribution is 2.34. The minimum absolute atomic E-state index is 0.00439. The lowest BCUT2D eigenvalue weighted by Gasteiger charge is -2.17. The van der Waals surface area contributed by atoms with E-state index in [2.05, 4.69) is 58.4 Å². The third-order valence-electron chi connectivity index (χ3n) is 5.13. The molecule has 0 bridgehead atoms. The lowest BCUT2D eigenvalue weighted by molar-refractivity contribution is -0.121. The molecule has 0 saturated heterocycles. The summed E-state index contributed by atoms with van der Waals surface area (Å²) in [5.41, 5.74) is 4.56. The normalized spacial score (nSPS) is 12.0. The van der Waals surface area contributed by atoms with Gasteiger partial charge in [-0.25, -0.2) is 0 Å². The fourth-order valence-corrected chi connectivity index (χ4v) is 3.70. The van der Waals surface area contributed by atoms with Crippen molar-refractivity contribution in [3.63, 3.8) is 0 Å². The Morgan fingerprint density at radius 2 is 1.71 bits per heavy atom. The highest BCUT2D eigenvalue weighted by atomic mass is 16.1. The molecule has 1 N–H and O–H groups in total. The summed E-state index contributed by atoms with van der Waals surface area (Å²) in [6, 6.07) is 22.4. The fraction of sp³-hybridized carbons (Fsp3) is 0.167. The molecule has 0 spiro atoms. The molecule has 0 radical (unpaired) electrons. The van der Waals surface area contributed by atoms with Crippen molar-refractivity contribution in [3.05, 3.63) is 102 Å². The molecule has 28 heavy (non-hydrogen) atoms. The highest BCUT2D eigenvalue weighted by molar-refractivity contribution is 5.86. The van der Waals surface area contributed by atoms with E-state index < -0.39 is 0 Å². The molecule has 4 aromatic rings. The SMILES string of the molecule is Cn1cc(C(CC(=O)NCc2ccncc2)c2ccccc2)c2ccccc21. The topological polar surface area (TPSA) is 46.9 Å². The van der Waals surface area contributed by atoms with Gasteiger partial charge in [0.05, 0.1) is 0 Å². The number of pyridine rings is 1. The molecule has 4 heteroatoms. The van der Waals surface area contributed by atoms with E-state index in [1.165, 1.54) is 16.5 Å². The van der Waals surface area contributed by atoms with E-state index in [0.717, 1.165) is 11.1 Å². The van der Waals surface area contributed by atoms with Crippen molar-refractivity contribution in [1.82, 2.24) is 14.9 Å². The minimum Gasteiger partial charge on any atom is -0.352 e. The summed E-state index contributed by atoms with van der Waals surface area (Å²) in [5.74, 6) is 0.0448. The molecule has 1 atom stereocenters. The number of para-hydroxylation sites is 1. The van der Waals surface area contributed by atoms with Gasteiger partial charge in [-0.2, -0.15) is 0 Å². The van der Waals surface area contributed by atoms with Gasteiger partial charge in [0.1, 0.15) is 0 Å². The van der Waals surface area contributed by atoms with E-state index >= 15 is 0 Å². The Morgan fingerprint density at radius 1 is 1.00 bits per heavy atom. The van der Waals surface area contributed by atoms with Crippen LogP contribution in [0.5, 0.6) is 0 Å². The zero-order chi connectivity index (χ0) is 19.3. The van der Waals surface area contributed by atoms with Crippen LogP contribution < -0.4 is 5.32 Å². The molecule has 2 aromatic heterocycles. The third-order valence-corrected chi connectivity index (χ3v) is 5.13. The van der Waals surface area contributed by atoms with Crippen LogP contribution in [0, 0.1) is 0 Å². The van der Waals surface area contributed by atoms with Crippen molar-refractivity contribution in [2.45, 2.75) is 18.9 Å². The molecule has 0 fully saturated rings. The maximum atomic E-state index is 12.8. The molecule has 4 nitrogen and oxygen atoms in total. The van der Waals surface area contributed by atoms with E-state index in [0.29, 0.717) is 13.0 Å². The molecule has 1 amide bonds. The highest BCUT2D eigenvalue weighted by Gasteiger charge is 2.22. The Balaban J connectivity index is 1.62. The van der Waals surface area contributed by atoms with Crippen LogP contribution in [-0.2, 0) is 18.4 Å². The Labute approximate surface area is 164 Å². The predicted molar refractivity (Wildman–Crippen MR) is 112 cm³/mol. The van der Waals surface area contributed by atoms with Gasteiger partial charge in [-0.05, 0) is 34.9 Å². The average Bonchev–Trinajstić information content (AvgIpc) is 3.08. The van der Waals surface area contributed by atoms with Crippen molar-refractivity contribution in [1.29, 1.82) is 0 Å². The zero-order valence-electron chi connectivity index (χ0n) is 15.9. The average molecular weight is 369 g/mol. The number of aromatic nitrogens is 2. The minimum atomic E-state index is 0.00439. The Hall–Kier alpha value is -3.40. The first-order chi connectivity index (χ1) is 13.7. The van der Waals surface area contributed by atoms with Crippen LogP contribution >= 0.6 is 0 Å². The number of hydrogen-bond donors (Lipinski definition) is 1. The summed E-state index contributed by atoms with van der Waals surface area (Å²) >= 11 is 0. The van der Waals surface area contributed by atoms with E-state index in [4.69, 9.17) is 0 Å². The van der Waals surface area contributed by atoms with Crippen LogP contribution in [0.25, 0.3) is 10.9 Å². The van der Waals surface area contributed by atoms with E-state index in [1.807, 2.05) is 36.4 Å². The lowest BCUT2D eigenvalue weighted by atomic mass is 9.88. The molecule has 1 unspecified atom stereocenters. The summed E-state index contributed by atoms with van der Waals surface area (Å²) in [4.78, 5) is 16.8. The third kappa shape index (κ3) is 3.81. The number of hydrogen-bond acceptors (Lipinski definition) is 2. The quantitative estimate of drug-likeness (QED) is 0.547. The zero-order valence-corrected chi connectivity index (χ0v) is 15.9. The Bertz CT molecular complexity index is 1070. The summed E-state index contributed by atoms with van der Waals surface area (Å²) in [6.45, 7) is 0.512. The van der Waals surface area contributed by atoms with Crippen LogP contribution in [0.2, 0.25) is 0 Å². The monoisotopic (exact) mass is 369 g/mol. The number of carbonyl (C=O) groups is 1. The van der Waals surface area contributed by atoms with Crippen molar-refractivity contribution in [2.75, 3.05) is 0 Å². The first kappa shape index (κ1) is 18.0. The summed E-state index contributed by atoms with van der Waals surface area (Å²) in [7, 11) is 2.05. The van der Waals surface area contributed by atoms with Crippen LogP contribution in [0.15, 0.2) is 85.3 Å². The Morgan fingerprint density at radius 3 is 2.50 bits per heavy atom. The van der Waals surface area contributed by atoms with Gasteiger partial charge in [0.15, 0.2) is 0 Å². The molecule has 0 aliphatic rings. The first-order valence-electron chi connectivity index (χ1n) is 9.47. The molecule has 4 rings (SSSR count). The number of rotatable bonds is 6. The fourth-order valence-electron chi connectivity index (χ4n) is 3.70. The summed E-state index contributed by atoms with van der Waals surface area (Å²) in [5, 5.41) is 4.25. The molecular weight excluding hydrogens is 346 g/mol. The second-order valence-electron chi connectivity index (χ2n) is 7.01. The standard InChI is InChI=1S/C24H23N3O/c1-27-17-22(20-9-5-6-10-23(20)27)21(19-7-3-2-4-8-19)15-24(28)26-16-18-11-13-25-14-12-18/h2-14,17,21H,15-16H2,1H3,(H,26,28). The van der Waals surface area contributed by atoms with E-state index in [-0.39, 0.29) is 11.8 Å². The van der Waals surface area contributed by atoms with Gasteiger partial charge in [0, 0.05) is 55.4 Å². The van der Waals surface area contributed by atoms with Crippen LogP contribution in [-0.4, -0.2) is 15.5 Å². The molecular formula is C24H23N3O. The molecule has 2 aromatic carbocycles. The van der Waals surface area contributed by atoms with Crippen LogP contribution in [0.3, 0.4) is 0 Å². The summed E-state index contributed by atoms with van der Waals surface area (Å²) in [6.07, 6.45) is 6.04. The molecule has 0 aliphatic heterocycles. The number of amides is 1. The lowest BCUT2D eigenvalue weighted by Crippen LogP contribution is -2.25. The molecule has 0 aliphatic carbocycles. The molecule has 0 saturated carbocycles. The second-order valence-corrected chi connectivity index (χ2v) is 7.01. The van der Waals surface area contributed by atoms with Crippen molar-refractivity contribution in [2.24, 2.45) is 7.05 Å². The molecule has 140 valence electrons. The maximum Gasteiger partial charge on any atom is 0.221 e.